The van der Waals surface area contributed by atoms with Gasteiger partial charge >= 0.3 is 0 Å². The van der Waals surface area contributed by atoms with Crippen molar-refractivity contribution in [3.63, 3.8) is 0 Å². The lowest BCUT2D eigenvalue weighted by molar-refractivity contribution is 0.0698. The summed E-state index contributed by atoms with van der Waals surface area (Å²) in [6.07, 6.45) is 4.26. The van der Waals surface area contributed by atoms with Crippen LogP contribution in [0.5, 0.6) is 0 Å². The lowest BCUT2D eigenvalue weighted by Crippen LogP contribution is -2.50. The zero-order chi connectivity index (χ0) is 19.7. The molecule has 0 radical (unpaired) electrons. The molecule has 7 heteroatoms. The van der Waals surface area contributed by atoms with Crippen molar-refractivity contribution in [1.82, 2.24) is 9.21 Å². The van der Waals surface area contributed by atoms with Gasteiger partial charge in [0, 0.05) is 36.8 Å². The third-order valence-electron chi connectivity index (χ3n) is 5.57. The number of carbonyl (C=O) groups excluding carboxylic acids is 1. The standard InChI is InChI=1S/C21H23ClN2O3S/c22-19-8-5-17(6-9-19)21(25)23-11-13-24(14-12-23)28(26,27)20-10-7-16-3-1-2-4-18(16)15-20/h5-10,15H,1-4,11-14H2. The van der Waals surface area contributed by atoms with E-state index < -0.39 is 10.0 Å². The molecule has 0 unspecified atom stereocenters. The first-order valence-corrected chi connectivity index (χ1v) is 11.4. The molecule has 1 fully saturated rings. The highest BCUT2D eigenvalue weighted by atomic mass is 35.5. The SMILES string of the molecule is O=C(c1ccc(Cl)cc1)N1CCN(S(=O)(=O)c2ccc3c(c2)CCCC3)CC1. The Labute approximate surface area is 171 Å². The number of piperazine rings is 1. The maximum Gasteiger partial charge on any atom is 0.253 e. The van der Waals surface area contributed by atoms with Crippen molar-refractivity contribution < 1.29 is 13.2 Å². The van der Waals surface area contributed by atoms with Gasteiger partial charge < -0.3 is 4.90 Å². The molecule has 0 spiro atoms. The maximum absolute atomic E-state index is 13.1. The van der Waals surface area contributed by atoms with Crippen LogP contribution in [0.4, 0.5) is 0 Å². The Morgan fingerprint density at radius 2 is 1.50 bits per heavy atom. The van der Waals surface area contributed by atoms with E-state index in [0.717, 1.165) is 24.8 Å². The number of benzene rings is 2. The van der Waals surface area contributed by atoms with E-state index in [-0.39, 0.29) is 5.91 Å². The van der Waals surface area contributed by atoms with E-state index in [9.17, 15) is 13.2 Å². The molecular formula is C21H23ClN2O3S. The van der Waals surface area contributed by atoms with Crippen LogP contribution in [-0.2, 0) is 22.9 Å². The van der Waals surface area contributed by atoms with Crippen LogP contribution in [0, 0.1) is 0 Å². The Bertz CT molecular complexity index is 981. The number of aryl methyl sites for hydroxylation is 2. The summed E-state index contributed by atoms with van der Waals surface area (Å²) in [4.78, 5) is 14.7. The molecule has 5 nitrogen and oxygen atoms in total. The molecule has 148 valence electrons. The molecule has 1 heterocycles. The predicted octanol–water partition coefficient (Wildman–Crippen LogP) is 3.37. The quantitative estimate of drug-likeness (QED) is 0.767. The first-order valence-electron chi connectivity index (χ1n) is 9.62. The number of amides is 1. The molecule has 0 bridgehead atoms. The summed E-state index contributed by atoms with van der Waals surface area (Å²) in [6.45, 7) is 1.37. The summed E-state index contributed by atoms with van der Waals surface area (Å²) in [7, 11) is -3.54. The van der Waals surface area contributed by atoms with Gasteiger partial charge in [-0.05, 0) is 73.2 Å². The summed E-state index contributed by atoms with van der Waals surface area (Å²) >= 11 is 5.88. The Morgan fingerprint density at radius 1 is 0.857 bits per heavy atom. The van der Waals surface area contributed by atoms with Crippen molar-refractivity contribution in [2.24, 2.45) is 0 Å². The first-order chi connectivity index (χ1) is 13.4. The summed E-state index contributed by atoms with van der Waals surface area (Å²) < 4.78 is 27.6. The van der Waals surface area contributed by atoms with Crippen LogP contribution in [0.1, 0.15) is 34.3 Å². The molecule has 4 rings (SSSR count). The van der Waals surface area contributed by atoms with Gasteiger partial charge in [0.15, 0.2) is 0 Å². The third kappa shape index (κ3) is 3.81. The highest BCUT2D eigenvalue weighted by molar-refractivity contribution is 7.89. The summed E-state index contributed by atoms with van der Waals surface area (Å²) in [6, 6.07) is 12.3. The largest absolute Gasteiger partial charge is 0.336 e. The highest BCUT2D eigenvalue weighted by Gasteiger charge is 2.31. The van der Waals surface area contributed by atoms with E-state index in [0.29, 0.717) is 41.7 Å². The minimum atomic E-state index is -3.54. The summed E-state index contributed by atoms with van der Waals surface area (Å²) in [5, 5.41) is 0.581. The number of rotatable bonds is 3. The van der Waals surface area contributed by atoms with Crippen LogP contribution in [-0.4, -0.2) is 49.7 Å². The van der Waals surface area contributed by atoms with Gasteiger partial charge in [-0.2, -0.15) is 4.31 Å². The zero-order valence-corrected chi connectivity index (χ0v) is 17.2. The van der Waals surface area contributed by atoms with Gasteiger partial charge in [-0.15, -0.1) is 0 Å². The predicted molar refractivity (Wildman–Crippen MR) is 109 cm³/mol. The van der Waals surface area contributed by atoms with Crippen LogP contribution in [0.2, 0.25) is 5.02 Å². The maximum atomic E-state index is 13.1. The second kappa shape index (κ2) is 7.85. The van der Waals surface area contributed by atoms with E-state index in [1.165, 1.54) is 16.3 Å². The Balaban J connectivity index is 1.45. The van der Waals surface area contributed by atoms with Crippen molar-refractivity contribution in [3.05, 3.63) is 64.2 Å². The molecule has 1 aliphatic heterocycles. The average molecular weight is 419 g/mol. The van der Waals surface area contributed by atoms with Crippen molar-refractivity contribution in [3.8, 4) is 0 Å². The van der Waals surface area contributed by atoms with Gasteiger partial charge in [0.25, 0.3) is 5.91 Å². The minimum absolute atomic E-state index is 0.0949. The van der Waals surface area contributed by atoms with Crippen LogP contribution in [0.3, 0.4) is 0 Å². The van der Waals surface area contributed by atoms with Crippen LogP contribution >= 0.6 is 11.6 Å². The second-order valence-corrected chi connectivity index (χ2v) is 9.72. The number of hydrogen-bond acceptors (Lipinski definition) is 3. The monoisotopic (exact) mass is 418 g/mol. The van der Waals surface area contributed by atoms with Crippen LogP contribution in [0.15, 0.2) is 47.4 Å². The number of hydrogen-bond donors (Lipinski definition) is 0. The molecule has 2 aromatic rings. The molecule has 28 heavy (non-hydrogen) atoms. The van der Waals surface area contributed by atoms with E-state index in [4.69, 9.17) is 11.6 Å². The number of sulfonamides is 1. The number of fused-ring (bicyclic) bond motifs is 1. The fourth-order valence-electron chi connectivity index (χ4n) is 3.93. The van der Waals surface area contributed by atoms with Crippen LogP contribution < -0.4 is 0 Å². The molecule has 1 amide bonds. The molecule has 0 aromatic heterocycles. The van der Waals surface area contributed by atoms with E-state index >= 15 is 0 Å². The minimum Gasteiger partial charge on any atom is -0.336 e. The summed E-state index contributed by atoms with van der Waals surface area (Å²) in [5.41, 5.74) is 2.99. The molecule has 0 saturated carbocycles. The third-order valence-corrected chi connectivity index (χ3v) is 7.72. The second-order valence-electron chi connectivity index (χ2n) is 7.34. The van der Waals surface area contributed by atoms with E-state index in [1.807, 2.05) is 12.1 Å². The Morgan fingerprint density at radius 3 is 2.18 bits per heavy atom. The molecule has 0 N–H and O–H groups in total. The fraction of sp³-hybridized carbons (Fsp3) is 0.381. The van der Waals surface area contributed by atoms with Crippen LogP contribution in [0.25, 0.3) is 0 Å². The zero-order valence-electron chi connectivity index (χ0n) is 15.6. The smallest absolute Gasteiger partial charge is 0.253 e. The number of nitrogens with zero attached hydrogens (tertiary/aromatic N) is 2. The molecular weight excluding hydrogens is 396 g/mol. The molecule has 1 aliphatic carbocycles. The van der Waals surface area contributed by atoms with Gasteiger partial charge in [0.2, 0.25) is 10.0 Å². The summed E-state index contributed by atoms with van der Waals surface area (Å²) in [5.74, 6) is -0.0949. The van der Waals surface area contributed by atoms with Crippen molar-refractivity contribution in [2.75, 3.05) is 26.2 Å². The number of halogens is 1. The first kappa shape index (κ1) is 19.4. The van der Waals surface area contributed by atoms with Crippen molar-refractivity contribution in [2.45, 2.75) is 30.6 Å². The van der Waals surface area contributed by atoms with Gasteiger partial charge in [-0.1, -0.05) is 17.7 Å². The molecule has 2 aliphatic rings. The lowest BCUT2D eigenvalue weighted by Gasteiger charge is -2.34. The van der Waals surface area contributed by atoms with Crippen molar-refractivity contribution >= 4 is 27.5 Å². The highest BCUT2D eigenvalue weighted by Crippen LogP contribution is 2.26. The van der Waals surface area contributed by atoms with Crippen molar-refractivity contribution in [1.29, 1.82) is 0 Å². The van der Waals surface area contributed by atoms with E-state index in [2.05, 4.69) is 0 Å². The van der Waals surface area contributed by atoms with Gasteiger partial charge in [0.1, 0.15) is 0 Å². The lowest BCUT2D eigenvalue weighted by atomic mass is 9.92. The van der Waals surface area contributed by atoms with Gasteiger partial charge in [0.05, 0.1) is 4.90 Å². The average Bonchev–Trinajstić information content (AvgIpc) is 2.73. The molecule has 2 aromatic carbocycles. The molecule has 1 saturated heterocycles. The fourth-order valence-corrected chi connectivity index (χ4v) is 5.53. The normalized spacial score (nSPS) is 18.0. The Hall–Kier alpha value is -1.89. The van der Waals surface area contributed by atoms with Gasteiger partial charge in [-0.25, -0.2) is 8.42 Å². The molecule has 0 atom stereocenters. The Kier molecular flexibility index (Phi) is 5.45. The van der Waals surface area contributed by atoms with E-state index in [1.54, 1.807) is 35.2 Å². The number of carbonyl (C=O) groups is 1. The topological polar surface area (TPSA) is 57.7 Å². The van der Waals surface area contributed by atoms with Gasteiger partial charge in [-0.3, -0.25) is 4.79 Å².